The Hall–Kier alpha value is -3.75. The lowest BCUT2D eigenvalue weighted by molar-refractivity contribution is -0.312. The van der Waals surface area contributed by atoms with E-state index >= 15 is 0 Å². The van der Waals surface area contributed by atoms with Crippen molar-refractivity contribution in [3.05, 3.63) is 41.7 Å². The topological polar surface area (TPSA) is 246 Å². The number of ether oxygens (including phenoxy) is 9. The molecule has 0 saturated carbocycles. The number of ketones is 1. The average Bonchev–Trinajstić information content (AvgIpc) is 4.07. The fourth-order valence-corrected chi connectivity index (χ4v) is 13.3. The molecule has 78 heavy (non-hydrogen) atoms. The molecule has 5 heterocycles. The Morgan fingerprint density at radius 2 is 1.62 bits per heavy atom. The predicted octanol–water partition coefficient (Wildman–Crippen LogP) is 5.44. The summed E-state index contributed by atoms with van der Waals surface area (Å²) in [5.74, 6) is -4.28. The van der Waals surface area contributed by atoms with Gasteiger partial charge in [-0.1, -0.05) is 45.0 Å². The molecule has 442 valence electrons. The highest BCUT2D eigenvalue weighted by Gasteiger charge is 2.61. The number of rotatable bonds is 19. The number of carbonyl (C=O) groups excluding carboxylic acids is 3. The van der Waals surface area contributed by atoms with Gasteiger partial charge in [0.1, 0.15) is 36.8 Å². The van der Waals surface area contributed by atoms with Crippen molar-refractivity contribution >= 4 is 27.7 Å². The Bertz CT molecular complexity index is 2440. The molecule has 23 heteroatoms. The van der Waals surface area contributed by atoms with E-state index in [2.05, 4.69) is 10.3 Å². The van der Waals surface area contributed by atoms with E-state index in [1.165, 1.54) is 35.9 Å². The number of methoxy groups -OCH3 is 3. The number of nitrogens with zero attached hydrogens (tertiary/aromatic N) is 5. The van der Waals surface area contributed by atoms with Crippen LogP contribution in [0.3, 0.4) is 0 Å². The minimum atomic E-state index is -3.45. The molecule has 1 amide bonds. The molecule has 4 aliphatic rings. The first-order chi connectivity index (χ1) is 36.6. The summed E-state index contributed by atoms with van der Waals surface area (Å²) in [7, 11) is 3.01. The van der Waals surface area contributed by atoms with Gasteiger partial charge >= 0.3 is 12.1 Å². The number of β-amino-alcohol motifs (C(OH)–C–C–N with tert-alkyl or cyclic N) is 1. The number of fused-ring (bicyclic) bond motifs is 1. The number of aliphatic hydroxyl groups is 2. The van der Waals surface area contributed by atoms with Crippen LogP contribution in [0.4, 0.5) is 9.18 Å². The molecular weight excluding hydrogens is 1040 g/mol. The third kappa shape index (κ3) is 13.8. The number of aliphatic hydroxyl groups excluding tert-OH is 2. The first-order valence-electron chi connectivity index (χ1n) is 27.4. The van der Waals surface area contributed by atoms with Crippen LogP contribution in [-0.4, -0.2) is 200 Å². The van der Waals surface area contributed by atoms with Gasteiger partial charge in [0.15, 0.2) is 28.0 Å². The van der Waals surface area contributed by atoms with Crippen LogP contribution in [0, 0.1) is 23.7 Å². The Kier molecular flexibility index (Phi) is 21.2. The zero-order chi connectivity index (χ0) is 57.8. The highest BCUT2D eigenvalue weighted by atomic mass is 32.2. The number of halogens is 1. The minimum absolute atomic E-state index is 0.0770. The second-order valence-corrected chi connectivity index (χ2v) is 25.1. The van der Waals surface area contributed by atoms with Crippen molar-refractivity contribution in [2.45, 2.75) is 203 Å². The second-order valence-electron chi connectivity index (χ2n) is 23.1. The molecule has 1 aromatic heterocycles. The summed E-state index contributed by atoms with van der Waals surface area (Å²) in [5.41, 5.74) is -2.35. The van der Waals surface area contributed by atoms with E-state index in [0.29, 0.717) is 43.5 Å². The standard InChI is InChI=1S/C55H88FN5O16S/c1-16-42-55(10)48(60(23-24-62)52(66)77-55)34(5)44(63)31(2)26-54(9,71-14)49(35(6)46(36(7)50(65)74-42)75-43-28-53(8,70-13)27-33(4)72-43)76-51-45(64)40(25-32(3)73-51)59(11)22-21-38-30-61(58-57-38)41(29-56)47(69-12)37-17-19-39(20-18-37)78(15,67)68/h17-20,30-36,40-43,45-49,51,62,64H,16,21-29H2,1-15H3/t31-,32-,33+,34+,35+,36-,40+,41-,42-,43+,45-,46+,47-,48-,49-,51+,53+,54-,55-/m1/s1. The molecule has 0 unspecified atom stereocenters. The van der Waals surface area contributed by atoms with Gasteiger partial charge in [-0.25, -0.2) is 22.3 Å². The quantitative estimate of drug-likeness (QED) is 0.166. The molecule has 0 radical (unpaired) electrons. The van der Waals surface area contributed by atoms with Gasteiger partial charge in [-0.05, 0) is 85.5 Å². The fraction of sp³-hybridized carbons (Fsp3) is 0.800. The molecule has 2 aromatic rings. The van der Waals surface area contributed by atoms with E-state index in [1.54, 1.807) is 53.1 Å². The lowest BCUT2D eigenvalue weighted by Gasteiger charge is -2.49. The number of likely N-dealkylation sites (N-methyl/N-ethyl adjacent to an activating group) is 1. The number of esters is 1. The average molecular weight is 1130 g/mol. The van der Waals surface area contributed by atoms with Gasteiger partial charge in [0.05, 0.1) is 64.8 Å². The van der Waals surface area contributed by atoms with Crippen LogP contribution in [0.2, 0.25) is 0 Å². The Morgan fingerprint density at radius 1 is 0.936 bits per heavy atom. The molecule has 0 bridgehead atoms. The normalized spacial score (nSPS) is 37.4. The molecule has 2 N–H and O–H groups in total. The molecule has 19 atom stereocenters. The van der Waals surface area contributed by atoms with E-state index in [9.17, 15) is 37.4 Å². The zero-order valence-electron chi connectivity index (χ0n) is 48.3. The van der Waals surface area contributed by atoms with E-state index in [4.69, 9.17) is 42.6 Å². The number of cyclic esters (lactones) is 1. The number of hydrogen-bond donors (Lipinski definition) is 2. The number of alkyl halides is 1. The van der Waals surface area contributed by atoms with Crippen molar-refractivity contribution in [2.24, 2.45) is 23.7 Å². The number of aromatic nitrogens is 3. The number of Topliss-reactive ketones (excluding diaryl/α,β-unsaturated/α-hetero) is 1. The largest absolute Gasteiger partial charge is 0.458 e. The maximum Gasteiger partial charge on any atom is 0.411 e. The Labute approximate surface area is 460 Å². The third-order valence-corrected chi connectivity index (χ3v) is 18.2. The monoisotopic (exact) mass is 1130 g/mol. The lowest BCUT2D eigenvalue weighted by atomic mass is 9.73. The van der Waals surface area contributed by atoms with Crippen molar-refractivity contribution in [3.8, 4) is 0 Å². The maximum atomic E-state index is 14.9. The van der Waals surface area contributed by atoms with Gasteiger partial charge in [-0.2, -0.15) is 0 Å². The summed E-state index contributed by atoms with van der Waals surface area (Å²) >= 11 is 0. The molecule has 4 aliphatic heterocycles. The van der Waals surface area contributed by atoms with Gasteiger partial charge in [-0.3, -0.25) is 14.5 Å². The molecular formula is C55H88FN5O16S. The highest BCUT2D eigenvalue weighted by molar-refractivity contribution is 7.90. The second kappa shape index (κ2) is 26.0. The van der Waals surface area contributed by atoms with E-state index in [1.807, 2.05) is 53.5 Å². The number of benzene rings is 1. The number of amides is 1. The number of sulfone groups is 1. The van der Waals surface area contributed by atoms with E-state index in [0.717, 1.165) is 6.26 Å². The van der Waals surface area contributed by atoms with Crippen LogP contribution in [0.5, 0.6) is 0 Å². The van der Waals surface area contributed by atoms with Crippen molar-refractivity contribution in [1.82, 2.24) is 24.8 Å². The Balaban J connectivity index is 1.32. The zero-order valence-corrected chi connectivity index (χ0v) is 49.1. The van der Waals surface area contributed by atoms with E-state index < -0.39 is 143 Å². The molecule has 0 spiro atoms. The summed E-state index contributed by atoms with van der Waals surface area (Å²) in [6.45, 7) is 17.2. The molecule has 4 fully saturated rings. The SMILES string of the molecule is CC[C@H]1OC(=O)[C@H](C)[C@@H](O[C@H]2C[C@@](C)(OC)C[C@H](C)O2)[C@H](C)[C@@H](O[C@@H]2O[C@H](C)C[C@H](N(C)CCc3cn([C@H](CF)[C@H](OC)c4ccc(S(C)(=O)=O)cc4)nn3)[C@H]2O)[C@](C)(OC)C[C@@H](C)C(=O)[C@H](C)[C@H]2N(CCO)C(=O)O[C@]12C. The van der Waals surface area contributed by atoms with Crippen LogP contribution in [-0.2, 0) is 68.5 Å². The van der Waals surface area contributed by atoms with Gasteiger partial charge < -0.3 is 57.7 Å². The van der Waals surface area contributed by atoms with Gasteiger partial charge in [0.2, 0.25) is 0 Å². The molecule has 21 nitrogen and oxygen atoms in total. The highest BCUT2D eigenvalue weighted by Crippen LogP contribution is 2.45. The molecule has 1 aromatic carbocycles. The molecule has 0 aliphatic carbocycles. The summed E-state index contributed by atoms with van der Waals surface area (Å²) in [6, 6.07) is 3.73. The first-order valence-corrected chi connectivity index (χ1v) is 29.3. The summed E-state index contributed by atoms with van der Waals surface area (Å²) in [4.78, 5) is 46.9. The number of hydrogen-bond acceptors (Lipinski definition) is 19. The third-order valence-electron chi connectivity index (χ3n) is 17.1. The molecule has 6 rings (SSSR count). The maximum absolute atomic E-state index is 14.9. The van der Waals surface area contributed by atoms with Crippen molar-refractivity contribution in [2.75, 3.05) is 61.0 Å². The van der Waals surface area contributed by atoms with Crippen molar-refractivity contribution in [1.29, 1.82) is 0 Å². The lowest BCUT2D eigenvalue weighted by Crippen LogP contribution is -2.61. The summed E-state index contributed by atoms with van der Waals surface area (Å²) in [5, 5.41) is 31.2. The van der Waals surface area contributed by atoms with Crippen molar-refractivity contribution < 1.29 is 80.0 Å². The van der Waals surface area contributed by atoms with Crippen molar-refractivity contribution in [3.63, 3.8) is 0 Å². The van der Waals surface area contributed by atoms with Gasteiger partial charge in [0, 0.05) is 89.9 Å². The van der Waals surface area contributed by atoms with Crippen LogP contribution < -0.4 is 0 Å². The van der Waals surface area contributed by atoms with Gasteiger partial charge in [-0.15, -0.1) is 5.10 Å². The summed E-state index contributed by atoms with van der Waals surface area (Å²) in [6.07, 6.45) is -3.97. The minimum Gasteiger partial charge on any atom is -0.458 e. The van der Waals surface area contributed by atoms with Crippen LogP contribution in [0.15, 0.2) is 35.4 Å². The van der Waals surface area contributed by atoms with E-state index in [-0.39, 0.29) is 36.2 Å². The van der Waals surface area contributed by atoms with Crippen LogP contribution in [0.1, 0.15) is 125 Å². The Morgan fingerprint density at radius 3 is 2.21 bits per heavy atom. The van der Waals surface area contributed by atoms with Gasteiger partial charge in [0.25, 0.3) is 0 Å². The smallest absolute Gasteiger partial charge is 0.411 e. The fourth-order valence-electron chi connectivity index (χ4n) is 12.7. The van der Waals surface area contributed by atoms with Crippen LogP contribution >= 0.6 is 0 Å². The summed E-state index contributed by atoms with van der Waals surface area (Å²) < 4.78 is 98.1. The number of carbonyl (C=O) groups is 3. The predicted molar refractivity (Wildman–Crippen MR) is 282 cm³/mol. The van der Waals surface area contributed by atoms with Crippen LogP contribution in [0.25, 0.3) is 0 Å². The first kappa shape index (κ1) is 63.4. The molecule has 4 saturated heterocycles.